The van der Waals surface area contributed by atoms with Crippen molar-refractivity contribution in [1.82, 2.24) is 4.90 Å². The summed E-state index contributed by atoms with van der Waals surface area (Å²) < 4.78 is 4.68. The highest BCUT2D eigenvalue weighted by Crippen LogP contribution is 2.26. The second-order valence-electron chi connectivity index (χ2n) is 4.06. The number of carbonyl (C=O) groups excluding carboxylic acids is 2. The minimum absolute atomic E-state index is 0.249. The molecule has 1 N–H and O–H groups in total. The van der Waals surface area contributed by atoms with Crippen molar-refractivity contribution in [2.24, 2.45) is 0 Å². The first-order chi connectivity index (χ1) is 8.52. The van der Waals surface area contributed by atoms with Crippen LogP contribution in [0.4, 0.5) is 10.5 Å². The second-order valence-corrected chi connectivity index (χ2v) is 4.50. The van der Waals surface area contributed by atoms with E-state index in [2.05, 4.69) is 10.1 Å². The van der Waals surface area contributed by atoms with Crippen molar-refractivity contribution in [3.05, 3.63) is 28.8 Å². The van der Waals surface area contributed by atoms with Gasteiger partial charge in [-0.15, -0.1) is 0 Å². The maximum atomic E-state index is 11.9. The van der Waals surface area contributed by atoms with Crippen LogP contribution in [0.2, 0.25) is 5.02 Å². The number of rotatable bonds is 0. The molecular weight excluding hydrogens is 256 g/mol. The highest BCUT2D eigenvalue weighted by molar-refractivity contribution is 6.30. The number of amides is 2. The Morgan fingerprint density at radius 3 is 2.94 bits per heavy atom. The monoisotopic (exact) mass is 268 g/mol. The molecule has 1 aliphatic rings. The molecule has 18 heavy (non-hydrogen) atoms. The van der Waals surface area contributed by atoms with E-state index in [-0.39, 0.29) is 12.5 Å². The Hall–Kier alpha value is -1.75. The molecule has 0 fully saturated rings. The van der Waals surface area contributed by atoms with Gasteiger partial charge in [-0.2, -0.15) is 0 Å². The Bertz CT molecular complexity index is 504. The van der Waals surface area contributed by atoms with E-state index in [9.17, 15) is 9.59 Å². The third-order valence-electron chi connectivity index (χ3n) is 2.92. The zero-order valence-electron chi connectivity index (χ0n) is 10.1. The van der Waals surface area contributed by atoms with Crippen LogP contribution in [-0.2, 0) is 16.1 Å². The number of benzene rings is 1. The molecule has 1 heterocycles. The predicted molar refractivity (Wildman–Crippen MR) is 67.5 cm³/mol. The van der Waals surface area contributed by atoms with Gasteiger partial charge in [0.15, 0.2) is 0 Å². The molecule has 96 valence electrons. The van der Waals surface area contributed by atoms with Crippen LogP contribution in [0.3, 0.4) is 0 Å². The van der Waals surface area contributed by atoms with Crippen molar-refractivity contribution in [3.8, 4) is 0 Å². The highest BCUT2D eigenvalue weighted by atomic mass is 35.5. The summed E-state index contributed by atoms with van der Waals surface area (Å²) in [5.74, 6) is -0.249. The lowest BCUT2D eigenvalue weighted by Crippen LogP contribution is -2.43. The van der Waals surface area contributed by atoms with E-state index in [1.54, 1.807) is 25.1 Å². The van der Waals surface area contributed by atoms with Gasteiger partial charge in [0, 0.05) is 10.7 Å². The van der Waals surface area contributed by atoms with Crippen LogP contribution in [0.25, 0.3) is 0 Å². The Balaban J connectivity index is 2.42. The molecule has 1 atom stereocenters. The average Bonchev–Trinajstić information content (AvgIpc) is 2.47. The van der Waals surface area contributed by atoms with E-state index >= 15 is 0 Å². The highest BCUT2D eigenvalue weighted by Gasteiger charge is 2.30. The number of anilines is 1. The minimum atomic E-state index is -0.594. The SMILES string of the molecule is COC(=O)N1Cc2cc(Cl)ccc2NC(=O)C1C. The number of nitrogens with one attached hydrogen (secondary N) is 1. The van der Waals surface area contributed by atoms with Crippen molar-refractivity contribution in [2.75, 3.05) is 12.4 Å². The van der Waals surface area contributed by atoms with Gasteiger partial charge in [-0.05, 0) is 30.7 Å². The average molecular weight is 269 g/mol. The fraction of sp³-hybridized carbons (Fsp3) is 0.333. The van der Waals surface area contributed by atoms with Crippen LogP contribution in [0.1, 0.15) is 12.5 Å². The zero-order valence-corrected chi connectivity index (χ0v) is 10.8. The molecule has 1 aliphatic heterocycles. The molecule has 0 radical (unpaired) electrons. The van der Waals surface area contributed by atoms with E-state index < -0.39 is 12.1 Å². The van der Waals surface area contributed by atoms with Crippen molar-refractivity contribution < 1.29 is 14.3 Å². The first kappa shape index (κ1) is 12.7. The molecule has 0 bridgehead atoms. The quantitative estimate of drug-likeness (QED) is 0.785. The number of hydrogen-bond donors (Lipinski definition) is 1. The molecule has 2 rings (SSSR count). The molecule has 5 nitrogen and oxygen atoms in total. The van der Waals surface area contributed by atoms with E-state index in [1.807, 2.05) is 0 Å². The predicted octanol–water partition coefficient (Wildman–Crippen LogP) is 2.25. The Kier molecular flexibility index (Phi) is 3.43. The normalized spacial score (nSPS) is 18.7. The van der Waals surface area contributed by atoms with Gasteiger partial charge >= 0.3 is 6.09 Å². The topological polar surface area (TPSA) is 58.6 Å². The summed E-state index contributed by atoms with van der Waals surface area (Å²) in [6, 6.07) is 4.55. The standard InChI is InChI=1S/C12H13ClN2O3/c1-7-11(16)14-10-4-3-9(13)5-8(10)6-15(7)12(17)18-2/h3-5,7H,6H2,1-2H3,(H,14,16). The van der Waals surface area contributed by atoms with E-state index in [0.29, 0.717) is 10.7 Å². The molecule has 2 amide bonds. The lowest BCUT2D eigenvalue weighted by Gasteiger charge is -2.23. The third kappa shape index (κ3) is 2.26. The van der Waals surface area contributed by atoms with Gasteiger partial charge in [0.25, 0.3) is 0 Å². The Labute approximate surface area is 110 Å². The van der Waals surface area contributed by atoms with Gasteiger partial charge < -0.3 is 10.1 Å². The molecule has 0 aliphatic carbocycles. The van der Waals surface area contributed by atoms with Crippen LogP contribution in [-0.4, -0.2) is 30.1 Å². The molecule has 1 aromatic rings. The van der Waals surface area contributed by atoms with Gasteiger partial charge in [0.2, 0.25) is 5.91 Å². The molecule has 1 aromatic carbocycles. The van der Waals surface area contributed by atoms with Crippen molar-refractivity contribution in [1.29, 1.82) is 0 Å². The number of nitrogens with zero attached hydrogens (tertiary/aromatic N) is 1. The van der Waals surface area contributed by atoms with E-state index in [1.165, 1.54) is 12.0 Å². The lowest BCUT2D eigenvalue weighted by molar-refractivity contribution is -0.120. The number of fused-ring (bicyclic) bond motifs is 1. The van der Waals surface area contributed by atoms with E-state index in [0.717, 1.165) is 5.56 Å². The number of methoxy groups -OCH3 is 1. The fourth-order valence-corrected chi connectivity index (χ4v) is 2.05. The molecule has 6 heteroatoms. The Morgan fingerprint density at radius 1 is 1.56 bits per heavy atom. The second kappa shape index (κ2) is 4.86. The number of ether oxygens (including phenoxy) is 1. The third-order valence-corrected chi connectivity index (χ3v) is 3.16. The number of carbonyl (C=O) groups is 2. The summed E-state index contributed by atoms with van der Waals surface area (Å²) in [4.78, 5) is 24.9. The molecule has 1 unspecified atom stereocenters. The maximum Gasteiger partial charge on any atom is 0.410 e. The first-order valence-corrected chi connectivity index (χ1v) is 5.84. The van der Waals surface area contributed by atoms with Gasteiger partial charge in [0.1, 0.15) is 6.04 Å². The fourth-order valence-electron chi connectivity index (χ4n) is 1.85. The maximum absolute atomic E-state index is 11.9. The van der Waals surface area contributed by atoms with Gasteiger partial charge in [-0.3, -0.25) is 9.69 Å². The summed E-state index contributed by atoms with van der Waals surface area (Å²) in [5.41, 5.74) is 1.45. The van der Waals surface area contributed by atoms with Crippen LogP contribution >= 0.6 is 11.6 Å². The molecule has 0 spiro atoms. The molecule has 0 saturated carbocycles. The van der Waals surface area contributed by atoms with Crippen LogP contribution in [0, 0.1) is 0 Å². The smallest absolute Gasteiger partial charge is 0.410 e. The summed E-state index contributed by atoms with van der Waals surface area (Å²) in [6.07, 6.45) is -0.537. The van der Waals surface area contributed by atoms with Crippen molar-refractivity contribution in [2.45, 2.75) is 19.5 Å². The Morgan fingerprint density at radius 2 is 2.28 bits per heavy atom. The van der Waals surface area contributed by atoms with Gasteiger partial charge in [-0.25, -0.2) is 4.79 Å². The lowest BCUT2D eigenvalue weighted by atomic mass is 10.1. The van der Waals surface area contributed by atoms with Crippen LogP contribution in [0.15, 0.2) is 18.2 Å². The van der Waals surface area contributed by atoms with E-state index in [4.69, 9.17) is 11.6 Å². The van der Waals surface area contributed by atoms with Crippen LogP contribution < -0.4 is 5.32 Å². The van der Waals surface area contributed by atoms with Crippen LogP contribution in [0.5, 0.6) is 0 Å². The zero-order chi connectivity index (χ0) is 13.3. The number of halogens is 1. The van der Waals surface area contributed by atoms with Crippen molar-refractivity contribution >= 4 is 29.3 Å². The van der Waals surface area contributed by atoms with Crippen molar-refractivity contribution in [3.63, 3.8) is 0 Å². The summed E-state index contributed by atoms with van der Waals surface area (Å²) >= 11 is 5.92. The molecule has 0 saturated heterocycles. The summed E-state index contributed by atoms with van der Waals surface area (Å²) in [5, 5.41) is 3.32. The minimum Gasteiger partial charge on any atom is -0.453 e. The van der Waals surface area contributed by atoms with Gasteiger partial charge in [-0.1, -0.05) is 11.6 Å². The summed E-state index contributed by atoms with van der Waals surface area (Å²) in [6.45, 7) is 1.93. The summed E-state index contributed by atoms with van der Waals surface area (Å²) in [7, 11) is 1.29. The molecular formula is C12H13ClN2O3. The molecule has 0 aromatic heterocycles. The number of hydrogen-bond acceptors (Lipinski definition) is 3. The largest absolute Gasteiger partial charge is 0.453 e. The first-order valence-electron chi connectivity index (χ1n) is 5.47. The van der Waals surface area contributed by atoms with Gasteiger partial charge in [0.05, 0.1) is 13.7 Å².